The van der Waals surface area contributed by atoms with Crippen LogP contribution in [0.2, 0.25) is 0 Å². The third kappa shape index (κ3) is 1.95. The molecule has 1 rings (SSSR count). The Balaban J connectivity index is 2.86. The fourth-order valence-corrected chi connectivity index (χ4v) is 0.980. The molecule has 0 aromatic carbocycles. The minimum absolute atomic E-state index is 0.304. The molecule has 0 spiro atoms. The summed E-state index contributed by atoms with van der Waals surface area (Å²) in [5.74, 6) is 0.912. The molecule has 0 amide bonds. The summed E-state index contributed by atoms with van der Waals surface area (Å²) in [5, 5.41) is 6.15. The maximum Gasteiger partial charge on any atom is 0.126 e. The van der Waals surface area contributed by atoms with Gasteiger partial charge in [0.05, 0.1) is 5.69 Å². The lowest BCUT2D eigenvalue weighted by molar-refractivity contribution is 0.634. The van der Waals surface area contributed by atoms with E-state index in [1.54, 1.807) is 0 Å². The Kier molecular flexibility index (Phi) is 3.05. The standard InChI is InChI=1S/C9H15N3/c1-7(10-2)8-5-4-6-9(11-3)12-8/h4-7,10H,1-3H3,(H,11,12). The van der Waals surface area contributed by atoms with Gasteiger partial charge in [0.2, 0.25) is 0 Å². The molecule has 0 bridgehead atoms. The molecule has 1 atom stereocenters. The number of anilines is 1. The zero-order valence-electron chi connectivity index (χ0n) is 7.76. The summed E-state index contributed by atoms with van der Waals surface area (Å²) < 4.78 is 0. The number of pyridine rings is 1. The molecule has 2 N–H and O–H groups in total. The van der Waals surface area contributed by atoms with Crippen molar-refractivity contribution in [3.63, 3.8) is 0 Å². The first-order chi connectivity index (χ1) is 5.77. The Morgan fingerprint density at radius 2 is 2.08 bits per heavy atom. The molecule has 0 fully saturated rings. The highest BCUT2D eigenvalue weighted by Gasteiger charge is 2.02. The van der Waals surface area contributed by atoms with Crippen molar-refractivity contribution >= 4 is 5.82 Å². The molecule has 12 heavy (non-hydrogen) atoms. The number of aromatic nitrogens is 1. The Bertz CT molecular complexity index is 247. The van der Waals surface area contributed by atoms with Crippen LogP contribution in [0.15, 0.2) is 18.2 Å². The molecule has 66 valence electrons. The van der Waals surface area contributed by atoms with E-state index in [4.69, 9.17) is 0 Å². The van der Waals surface area contributed by atoms with Gasteiger partial charge in [-0.25, -0.2) is 4.98 Å². The van der Waals surface area contributed by atoms with Gasteiger partial charge in [0, 0.05) is 13.1 Å². The second-order valence-electron chi connectivity index (χ2n) is 2.71. The monoisotopic (exact) mass is 165 g/mol. The summed E-state index contributed by atoms with van der Waals surface area (Å²) in [6, 6.07) is 6.27. The molecule has 0 radical (unpaired) electrons. The number of hydrogen-bond acceptors (Lipinski definition) is 3. The zero-order chi connectivity index (χ0) is 8.97. The highest BCUT2D eigenvalue weighted by Crippen LogP contribution is 2.10. The summed E-state index contributed by atoms with van der Waals surface area (Å²) in [6.45, 7) is 2.09. The van der Waals surface area contributed by atoms with E-state index in [-0.39, 0.29) is 0 Å². The van der Waals surface area contributed by atoms with E-state index in [9.17, 15) is 0 Å². The van der Waals surface area contributed by atoms with Crippen molar-refractivity contribution in [2.45, 2.75) is 13.0 Å². The van der Waals surface area contributed by atoms with Gasteiger partial charge in [-0.3, -0.25) is 0 Å². The first-order valence-electron chi connectivity index (χ1n) is 4.10. The number of rotatable bonds is 3. The molecular formula is C9H15N3. The van der Waals surface area contributed by atoms with Crippen molar-refractivity contribution in [3.05, 3.63) is 23.9 Å². The Hall–Kier alpha value is -1.09. The minimum Gasteiger partial charge on any atom is -0.373 e. The van der Waals surface area contributed by atoms with Gasteiger partial charge >= 0.3 is 0 Å². The first kappa shape index (κ1) is 9.00. The lowest BCUT2D eigenvalue weighted by Crippen LogP contribution is -2.14. The SMILES string of the molecule is CNc1cccc(C(C)NC)n1. The van der Waals surface area contributed by atoms with Gasteiger partial charge in [-0.1, -0.05) is 6.07 Å². The van der Waals surface area contributed by atoms with Gasteiger partial charge in [0.1, 0.15) is 5.82 Å². The van der Waals surface area contributed by atoms with Gasteiger partial charge in [-0.05, 0) is 26.1 Å². The molecule has 0 aliphatic heterocycles. The predicted molar refractivity (Wildman–Crippen MR) is 51.3 cm³/mol. The van der Waals surface area contributed by atoms with Crippen LogP contribution < -0.4 is 10.6 Å². The molecular weight excluding hydrogens is 150 g/mol. The van der Waals surface area contributed by atoms with Crippen LogP contribution in [0.25, 0.3) is 0 Å². The van der Waals surface area contributed by atoms with E-state index in [1.807, 2.05) is 32.3 Å². The predicted octanol–water partition coefficient (Wildman–Crippen LogP) is 1.40. The number of hydrogen-bond donors (Lipinski definition) is 2. The van der Waals surface area contributed by atoms with Crippen LogP contribution in [-0.4, -0.2) is 19.1 Å². The fourth-order valence-electron chi connectivity index (χ4n) is 0.980. The van der Waals surface area contributed by atoms with E-state index in [2.05, 4.69) is 22.5 Å². The van der Waals surface area contributed by atoms with Gasteiger partial charge in [-0.15, -0.1) is 0 Å². The van der Waals surface area contributed by atoms with E-state index >= 15 is 0 Å². The fraction of sp³-hybridized carbons (Fsp3) is 0.444. The molecule has 0 saturated heterocycles. The minimum atomic E-state index is 0.304. The van der Waals surface area contributed by atoms with E-state index in [0.717, 1.165) is 11.5 Å². The van der Waals surface area contributed by atoms with Crippen LogP contribution in [0, 0.1) is 0 Å². The van der Waals surface area contributed by atoms with Gasteiger partial charge < -0.3 is 10.6 Å². The highest BCUT2D eigenvalue weighted by atomic mass is 15.0. The van der Waals surface area contributed by atoms with Crippen molar-refractivity contribution in [2.75, 3.05) is 19.4 Å². The smallest absolute Gasteiger partial charge is 0.126 e. The normalized spacial score (nSPS) is 12.6. The number of nitrogens with one attached hydrogen (secondary N) is 2. The first-order valence-corrected chi connectivity index (χ1v) is 4.10. The summed E-state index contributed by atoms with van der Waals surface area (Å²) >= 11 is 0. The molecule has 3 nitrogen and oxygen atoms in total. The quantitative estimate of drug-likeness (QED) is 0.711. The van der Waals surface area contributed by atoms with Gasteiger partial charge in [-0.2, -0.15) is 0 Å². The summed E-state index contributed by atoms with van der Waals surface area (Å²) in [7, 11) is 3.80. The molecule has 1 aromatic rings. The Morgan fingerprint density at radius 1 is 1.33 bits per heavy atom. The van der Waals surface area contributed by atoms with Gasteiger partial charge in [0.25, 0.3) is 0 Å². The topological polar surface area (TPSA) is 37.0 Å². The Labute approximate surface area is 73.2 Å². The van der Waals surface area contributed by atoms with Crippen molar-refractivity contribution < 1.29 is 0 Å². The van der Waals surface area contributed by atoms with Crippen LogP contribution in [0.5, 0.6) is 0 Å². The van der Waals surface area contributed by atoms with Gasteiger partial charge in [0.15, 0.2) is 0 Å². The van der Waals surface area contributed by atoms with Crippen LogP contribution in [-0.2, 0) is 0 Å². The summed E-state index contributed by atoms with van der Waals surface area (Å²) in [4.78, 5) is 4.39. The second kappa shape index (κ2) is 4.07. The Morgan fingerprint density at radius 3 is 2.67 bits per heavy atom. The summed E-state index contributed by atoms with van der Waals surface area (Å²) in [6.07, 6.45) is 0. The second-order valence-corrected chi connectivity index (χ2v) is 2.71. The average Bonchev–Trinajstić information content (AvgIpc) is 2.17. The molecule has 0 aliphatic carbocycles. The van der Waals surface area contributed by atoms with E-state index < -0.39 is 0 Å². The summed E-state index contributed by atoms with van der Waals surface area (Å²) in [5.41, 5.74) is 1.06. The maximum atomic E-state index is 4.39. The lowest BCUT2D eigenvalue weighted by atomic mass is 10.2. The molecule has 0 saturated carbocycles. The molecule has 1 heterocycles. The van der Waals surface area contributed by atoms with Crippen molar-refractivity contribution in [3.8, 4) is 0 Å². The largest absolute Gasteiger partial charge is 0.373 e. The van der Waals surface area contributed by atoms with E-state index in [1.165, 1.54) is 0 Å². The number of nitrogens with zero attached hydrogens (tertiary/aromatic N) is 1. The third-order valence-electron chi connectivity index (χ3n) is 1.90. The average molecular weight is 165 g/mol. The maximum absolute atomic E-state index is 4.39. The highest BCUT2D eigenvalue weighted by molar-refractivity contribution is 5.34. The van der Waals surface area contributed by atoms with Crippen LogP contribution in [0.3, 0.4) is 0 Å². The van der Waals surface area contributed by atoms with Crippen molar-refractivity contribution in [1.82, 2.24) is 10.3 Å². The van der Waals surface area contributed by atoms with Crippen LogP contribution in [0.4, 0.5) is 5.82 Å². The van der Waals surface area contributed by atoms with E-state index in [0.29, 0.717) is 6.04 Å². The molecule has 1 unspecified atom stereocenters. The lowest BCUT2D eigenvalue weighted by Gasteiger charge is -2.10. The van der Waals surface area contributed by atoms with Crippen molar-refractivity contribution in [1.29, 1.82) is 0 Å². The molecule has 0 aliphatic rings. The van der Waals surface area contributed by atoms with Crippen LogP contribution >= 0.6 is 0 Å². The molecule has 3 heteroatoms. The van der Waals surface area contributed by atoms with Crippen molar-refractivity contribution in [2.24, 2.45) is 0 Å². The third-order valence-corrected chi connectivity index (χ3v) is 1.90. The molecule has 1 aromatic heterocycles. The van der Waals surface area contributed by atoms with Crippen LogP contribution in [0.1, 0.15) is 18.7 Å². The zero-order valence-corrected chi connectivity index (χ0v) is 7.76.